The highest BCUT2D eigenvalue weighted by Crippen LogP contribution is 2.28. The predicted octanol–water partition coefficient (Wildman–Crippen LogP) is 3.85. The van der Waals surface area contributed by atoms with E-state index < -0.39 is 5.82 Å². The number of hydrogen-bond donors (Lipinski definition) is 0. The first-order chi connectivity index (χ1) is 9.29. The van der Waals surface area contributed by atoms with Gasteiger partial charge in [0.2, 0.25) is 0 Å². The van der Waals surface area contributed by atoms with Crippen LogP contribution < -0.4 is 0 Å². The molecule has 0 fully saturated rings. The fourth-order valence-corrected chi connectivity index (χ4v) is 2.18. The molecule has 92 valence electrons. The summed E-state index contributed by atoms with van der Waals surface area (Å²) >= 11 is 0. The molecule has 0 spiro atoms. The maximum Gasteiger partial charge on any atom is 0.153 e. The van der Waals surface area contributed by atoms with Gasteiger partial charge in [-0.2, -0.15) is 0 Å². The van der Waals surface area contributed by atoms with Gasteiger partial charge in [-0.25, -0.2) is 4.39 Å². The third kappa shape index (κ3) is 1.99. The monoisotopic (exact) mass is 251 g/mol. The Balaban J connectivity index is 2.27. The molecule has 0 N–H and O–H groups in total. The lowest BCUT2D eigenvalue weighted by Gasteiger charge is -2.07. The summed E-state index contributed by atoms with van der Waals surface area (Å²) in [6.07, 6.45) is 4.03. The lowest BCUT2D eigenvalue weighted by Crippen LogP contribution is -1.89. The number of carbonyl (C=O) groups excluding carboxylic acids is 1. The molecule has 1 aromatic heterocycles. The predicted molar refractivity (Wildman–Crippen MR) is 72.5 cm³/mol. The average Bonchev–Trinajstić information content (AvgIpc) is 2.47. The van der Waals surface area contributed by atoms with E-state index in [1.54, 1.807) is 24.5 Å². The van der Waals surface area contributed by atoms with Crippen LogP contribution in [-0.2, 0) is 0 Å². The molecule has 0 atom stereocenters. The molecule has 3 heteroatoms. The Bertz CT molecular complexity index is 762. The molecule has 0 aliphatic heterocycles. The minimum Gasteiger partial charge on any atom is -0.298 e. The second-order valence-electron chi connectivity index (χ2n) is 4.26. The first-order valence-electron chi connectivity index (χ1n) is 5.87. The van der Waals surface area contributed by atoms with E-state index >= 15 is 0 Å². The smallest absolute Gasteiger partial charge is 0.153 e. The van der Waals surface area contributed by atoms with E-state index in [2.05, 4.69) is 4.98 Å². The zero-order valence-electron chi connectivity index (χ0n) is 10.0. The van der Waals surface area contributed by atoms with Crippen LogP contribution in [0.15, 0.2) is 54.9 Å². The molecule has 19 heavy (non-hydrogen) atoms. The minimum atomic E-state index is -0.499. The number of pyridine rings is 1. The number of fused-ring (bicyclic) bond motifs is 1. The van der Waals surface area contributed by atoms with Gasteiger partial charge in [-0.3, -0.25) is 9.78 Å². The van der Waals surface area contributed by atoms with Gasteiger partial charge in [-0.05, 0) is 34.7 Å². The van der Waals surface area contributed by atoms with Gasteiger partial charge in [0.1, 0.15) is 5.82 Å². The van der Waals surface area contributed by atoms with E-state index in [-0.39, 0.29) is 5.56 Å². The molecular formula is C16H10FNO. The van der Waals surface area contributed by atoms with E-state index in [9.17, 15) is 9.18 Å². The molecule has 3 aromatic rings. The summed E-state index contributed by atoms with van der Waals surface area (Å²) in [5.41, 5.74) is 1.85. The second-order valence-corrected chi connectivity index (χ2v) is 4.26. The summed E-state index contributed by atoms with van der Waals surface area (Å²) in [7, 11) is 0. The van der Waals surface area contributed by atoms with Crippen LogP contribution in [0.2, 0.25) is 0 Å². The summed E-state index contributed by atoms with van der Waals surface area (Å²) in [5.74, 6) is -0.499. The van der Waals surface area contributed by atoms with Gasteiger partial charge in [0, 0.05) is 17.8 Å². The zero-order valence-corrected chi connectivity index (χ0v) is 10.0. The maximum atomic E-state index is 13.4. The molecule has 0 saturated carbocycles. The van der Waals surface area contributed by atoms with E-state index in [0.717, 1.165) is 21.9 Å². The molecule has 0 bridgehead atoms. The van der Waals surface area contributed by atoms with E-state index in [1.165, 1.54) is 6.07 Å². The van der Waals surface area contributed by atoms with Crippen LogP contribution in [-0.4, -0.2) is 11.3 Å². The number of benzene rings is 2. The van der Waals surface area contributed by atoms with Crippen molar-refractivity contribution in [2.45, 2.75) is 0 Å². The Kier molecular flexibility index (Phi) is 2.80. The van der Waals surface area contributed by atoms with E-state index in [0.29, 0.717) is 6.29 Å². The molecule has 0 aliphatic rings. The van der Waals surface area contributed by atoms with Gasteiger partial charge >= 0.3 is 0 Å². The summed E-state index contributed by atoms with van der Waals surface area (Å²) in [6, 6.07) is 12.3. The molecule has 0 amide bonds. The van der Waals surface area contributed by atoms with Crippen molar-refractivity contribution in [1.29, 1.82) is 0 Å². The Labute approximate surface area is 109 Å². The first-order valence-corrected chi connectivity index (χ1v) is 5.87. The minimum absolute atomic E-state index is 0.0727. The Morgan fingerprint density at radius 1 is 1.11 bits per heavy atom. The average molecular weight is 251 g/mol. The highest BCUT2D eigenvalue weighted by Gasteiger charge is 2.07. The van der Waals surface area contributed by atoms with Crippen LogP contribution in [0.3, 0.4) is 0 Å². The van der Waals surface area contributed by atoms with Gasteiger partial charge in [-0.1, -0.05) is 24.3 Å². The van der Waals surface area contributed by atoms with Gasteiger partial charge < -0.3 is 0 Å². The summed E-state index contributed by atoms with van der Waals surface area (Å²) in [6.45, 7) is 0. The standard InChI is InChI=1S/C16H10FNO/c17-16-5-4-11(8-13(16)10-19)14-3-1-2-12-9-18-7-6-15(12)14/h1-10H. The van der Waals surface area contributed by atoms with Gasteiger partial charge in [-0.15, -0.1) is 0 Å². The molecule has 0 aliphatic carbocycles. The molecule has 0 saturated heterocycles. The fourth-order valence-electron chi connectivity index (χ4n) is 2.18. The van der Waals surface area contributed by atoms with Crippen LogP contribution in [0, 0.1) is 5.82 Å². The number of aromatic nitrogens is 1. The van der Waals surface area contributed by atoms with Crippen LogP contribution in [0.4, 0.5) is 4.39 Å². The van der Waals surface area contributed by atoms with Crippen molar-refractivity contribution in [1.82, 2.24) is 4.98 Å². The third-order valence-electron chi connectivity index (χ3n) is 3.11. The molecule has 1 heterocycles. The number of rotatable bonds is 2. The second kappa shape index (κ2) is 4.61. The van der Waals surface area contributed by atoms with Crippen molar-refractivity contribution >= 4 is 17.1 Å². The SMILES string of the molecule is O=Cc1cc(-c2cccc3cnccc23)ccc1F. The van der Waals surface area contributed by atoms with Crippen LogP contribution in [0.5, 0.6) is 0 Å². The molecular weight excluding hydrogens is 241 g/mol. The van der Waals surface area contributed by atoms with Gasteiger partial charge in [0.05, 0.1) is 5.56 Å². The molecule has 3 rings (SSSR count). The largest absolute Gasteiger partial charge is 0.298 e. The lowest BCUT2D eigenvalue weighted by molar-refractivity contribution is 0.112. The summed E-state index contributed by atoms with van der Waals surface area (Å²) in [5, 5.41) is 2.04. The molecule has 0 unspecified atom stereocenters. The van der Waals surface area contributed by atoms with Crippen molar-refractivity contribution in [2.24, 2.45) is 0 Å². The summed E-state index contributed by atoms with van der Waals surface area (Å²) < 4.78 is 13.4. The first kappa shape index (κ1) is 11.5. The zero-order chi connectivity index (χ0) is 13.2. The Morgan fingerprint density at radius 2 is 2.00 bits per heavy atom. The molecule has 2 aromatic carbocycles. The highest BCUT2D eigenvalue weighted by molar-refractivity contribution is 5.96. The third-order valence-corrected chi connectivity index (χ3v) is 3.11. The summed E-state index contributed by atoms with van der Waals surface area (Å²) in [4.78, 5) is 14.9. The van der Waals surface area contributed by atoms with Crippen molar-refractivity contribution in [3.05, 3.63) is 66.2 Å². The van der Waals surface area contributed by atoms with E-state index in [4.69, 9.17) is 0 Å². The molecule has 0 radical (unpaired) electrons. The maximum absolute atomic E-state index is 13.4. The van der Waals surface area contributed by atoms with Crippen LogP contribution >= 0.6 is 0 Å². The van der Waals surface area contributed by atoms with Crippen LogP contribution in [0.1, 0.15) is 10.4 Å². The topological polar surface area (TPSA) is 30.0 Å². The molecule has 2 nitrogen and oxygen atoms in total. The highest BCUT2D eigenvalue weighted by atomic mass is 19.1. The van der Waals surface area contributed by atoms with Crippen molar-refractivity contribution in [3.63, 3.8) is 0 Å². The van der Waals surface area contributed by atoms with Gasteiger partial charge in [0.15, 0.2) is 6.29 Å². The van der Waals surface area contributed by atoms with Crippen molar-refractivity contribution in [2.75, 3.05) is 0 Å². The normalized spacial score (nSPS) is 10.6. The van der Waals surface area contributed by atoms with Crippen LogP contribution in [0.25, 0.3) is 21.9 Å². The number of carbonyl (C=O) groups is 1. The number of nitrogens with zero attached hydrogens (tertiary/aromatic N) is 1. The van der Waals surface area contributed by atoms with Crippen molar-refractivity contribution < 1.29 is 9.18 Å². The number of aldehydes is 1. The number of hydrogen-bond acceptors (Lipinski definition) is 2. The fraction of sp³-hybridized carbons (Fsp3) is 0. The Morgan fingerprint density at radius 3 is 2.84 bits per heavy atom. The van der Waals surface area contributed by atoms with Gasteiger partial charge in [0.25, 0.3) is 0 Å². The van der Waals surface area contributed by atoms with Crippen molar-refractivity contribution in [3.8, 4) is 11.1 Å². The van der Waals surface area contributed by atoms with E-state index in [1.807, 2.05) is 24.3 Å². The Hall–Kier alpha value is -2.55. The quantitative estimate of drug-likeness (QED) is 0.647. The lowest BCUT2D eigenvalue weighted by atomic mass is 9.98. The number of halogens is 1.